The fourth-order valence-electron chi connectivity index (χ4n) is 7.14. The maximum atomic E-state index is 13.8. The molecule has 8 nitrogen and oxygen atoms in total. The summed E-state index contributed by atoms with van der Waals surface area (Å²) in [6.45, 7) is 3.28. The Morgan fingerprint density at radius 3 is 2.54 bits per heavy atom. The lowest BCUT2D eigenvalue weighted by Crippen LogP contribution is -2.58. The Hall–Kier alpha value is -0.770. The molecule has 8 heteroatoms. The van der Waals surface area contributed by atoms with Crippen LogP contribution < -0.4 is 5.32 Å². The van der Waals surface area contributed by atoms with Gasteiger partial charge >= 0.3 is 0 Å². The molecule has 1 amide bonds. The van der Waals surface area contributed by atoms with Crippen LogP contribution in [0.3, 0.4) is 0 Å². The number of hydrogen-bond acceptors (Lipinski definition) is 7. The van der Waals surface area contributed by atoms with Crippen LogP contribution in [0.2, 0.25) is 0 Å². The van der Waals surface area contributed by atoms with E-state index in [4.69, 9.17) is 14.2 Å². The van der Waals surface area contributed by atoms with E-state index in [0.29, 0.717) is 63.1 Å². The number of amides is 1. The van der Waals surface area contributed by atoms with Crippen molar-refractivity contribution in [1.29, 1.82) is 0 Å². The number of nitrogens with zero attached hydrogens (tertiary/aromatic N) is 1. The van der Waals surface area contributed by atoms with Crippen LogP contribution in [0.15, 0.2) is 0 Å². The molecule has 4 aliphatic rings. The van der Waals surface area contributed by atoms with E-state index in [-0.39, 0.29) is 18.4 Å². The molecular weight excluding hydrogens is 448 g/mol. The predicted octanol–water partition coefficient (Wildman–Crippen LogP) is 1.96. The number of aliphatic hydroxyl groups is 2. The molecule has 3 saturated carbocycles. The van der Waals surface area contributed by atoms with Gasteiger partial charge in [0.25, 0.3) is 0 Å². The quantitative estimate of drug-likeness (QED) is 0.420. The second kappa shape index (κ2) is 13.2. The first-order valence-corrected chi connectivity index (χ1v) is 14.0. The lowest BCUT2D eigenvalue weighted by molar-refractivity contribution is -0.162. The van der Waals surface area contributed by atoms with Gasteiger partial charge in [-0.1, -0.05) is 19.3 Å². The first-order chi connectivity index (χ1) is 17.0. The number of nitrogens with one attached hydrogen (secondary N) is 1. The van der Waals surface area contributed by atoms with E-state index in [1.54, 1.807) is 7.11 Å². The van der Waals surface area contributed by atoms with Gasteiger partial charge in [-0.15, -0.1) is 0 Å². The summed E-state index contributed by atoms with van der Waals surface area (Å²) in [6.07, 6.45) is 8.08. The van der Waals surface area contributed by atoms with Crippen molar-refractivity contribution in [3.8, 4) is 0 Å². The molecule has 35 heavy (non-hydrogen) atoms. The van der Waals surface area contributed by atoms with Gasteiger partial charge in [-0.05, 0) is 56.9 Å². The SMILES string of the molecule is CNC1CC(OCCOC)CC2CCN(C(=O)C3C(O)CC(O)CC3OCC3CCCCC3)CC21. The molecule has 3 aliphatic carbocycles. The Labute approximate surface area is 211 Å². The highest BCUT2D eigenvalue weighted by Gasteiger charge is 2.47. The number of methoxy groups -OCH3 is 1. The average Bonchev–Trinajstić information content (AvgIpc) is 2.87. The summed E-state index contributed by atoms with van der Waals surface area (Å²) >= 11 is 0. The van der Waals surface area contributed by atoms with Crippen molar-refractivity contribution in [2.75, 3.05) is 47.1 Å². The third-order valence-corrected chi connectivity index (χ3v) is 9.12. The highest BCUT2D eigenvalue weighted by Crippen LogP contribution is 2.39. The van der Waals surface area contributed by atoms with Crippen molar-refractivity contribution in [2.24, 2.45) is 23.7 Å². The van der Waals surface area contributed by atoms with Crippen LogP contribution in [0.5, 0.6) is 0 Å². The minimum atomic E-state index is -0.856. The first kappa shape index (κ1) is 27.3. The van der Waals surface area contributed by atoms with E-state index < -0.39 is 24.2 Å². The predicted molar refractivity (Wildman–Crippen MR) is 133 cm³/mol. The number of aliphatic hydroxyl groups excluding tert-OH is 2. The fourth-order valence-corrected chi connectivity index (χ4v) is 7.14. The van der Waals surface area contributed by atoms with Crippen LogP contribution in [0, 0.1) is 23.7 Å². The molecular formula is C27H48N2O6. The Balaban J connectivity index is 1.37. The highest BCUT2D eigenvalue weighted by molar-refractivity contribution is 5.80. The number of hydrogen-bond donors (Lipinski definition) is 3. The third-order valence-electron chi connectivity index (χ3n) is 9.12. The van der Waals surface area contributed by atoms with Gasteiger partial charge in [0.15, 0.2) is 0 Å². The van der Waals surface area contributed by atoms with E-state index in [2.05, 4.69) is 5.32 Å². The zero-order valence-electron chi connectivity index (χ0n) is 21.8. The van der Waals surface area contributed by atoms with Crippen LogP contribution in [-0.4, -0.2) is 98.5 Å². The number of likely N-dealkylation sites (tertiary alicyclic amines) is 1. The second-order valence-corrected chi connectivity index (χ2v) is 11.4. The topological polar surface area (TPSA) is 100 Å². The zero-order valence-corrected chi connectivity index (χ0v) is 21.8. The molecule has 0 spiro atoms. The molecule has 202 valence electrons. The normalized spacial score (nSPS) is 38.8. The van der Waals surface area contributed by atoms with E-state index in [1.807, 2.05) is 11.9 Å². The Morgan fingerprint density at radius 2 is 1.80 bits per heavy atom. The second-order valence-electron chi connectivity index (χ2n) is 11.4. The summed E-state index contributed by atoms with van der Waals surface area (Å²) in [5, 5.41) is 24.7. The van der Waals surface area contributed by atoms with Gasteiger partial charge < -0.3 is 34.6 Å². The van der Waals surface area contributed by atoms with E-state index >= 15 is 0 Å². The molecule has 0 aromatic carbocycles. The van der Waals surface area contributed by atoms with Crippen LogP contribution >= 0.6 is 0 Å². The minimum absolute atomic E-state index is 0.00446. The van der Waals surface area contributed by atoms with Gasteiger partial charge in [0.1, 0.15) is 0 Å². The largest absolute Gasteiger partial charge is 0.393 e. The van der Waals surface area contributed by atoms with Gasteiger partial charge in [-0.2, -0.15) is 0 Å². The highest BCUT2D eigenvalue weighted by atomic mass is 16.5. The van der Waals surface area contributed by atoms with Gasteiger partial charge in [0.05, 0.1) is 43.5 Å². The van der Waals surface area contributed by atoms with Crippen molar-refractivity contribution >= 4 is 5.91 Å². The molecule has 3 N–H and O–H groups in total. The van der Waals surface area contributed by atoms with Crippen molar-refractivity contribution in [2.45, 2.75) is 94.7 Å². The fraction of sp³-hybridized carbons (Fsp3) is 0.963. The van der Waals surface area contributed by atoms with E-state index in [9.17, 15) is 15.0 Å². The molecule has 1 heterocycles. The molecule has 1 aliphatic heterocycles. The number of carbonyl (C=O) groups is 1. The molecule has 0 radical (unpaired) electrons. The van der Waals surface area contributed by atoms with Crippen LogP contribution in [0.1, 0.15) is 64.2 Å². The van der Waals surface area contributed by atoms with Crippen molar-refractivity contribution in [3.05, 3.63) is 0 Å². The zero-order chi connectivity index (χ0) is 24.8. The van der Waals surface area contributed by atoms with Crippen molar-refractivity contribution < 1.29 is 29.2 Å². The van der Waals surface area contributed by atoms with Crippen LogP contribution in [0.4, 0.5) is 0 Å². The smallest absolute Gasteiger partial charge is 0.230 e. The summed E-state index contributed by atoms with van der Waals surface area (Å²) in [5.74, 6) is 0.858. The van der Waals surface area contributed by atoms with Gasteiger partial charge in [0, 0.05) is 45.7 Å². The lowest BCUT2D eigenvalue weighted by Gasteiger charge is -2.49. The lowest BCUT2D eigenvalue weighted by atomic mass is 9.70. The molecule has 8 unspecified atom stereocenters. The maximum Gasteiger partial charge on any atom is 0.230 e. The van der Waals surface area contributed by atoms with Crippen LogP contribution in [-0.2, 0) is 19.0 Å². The van der Waals surface area contributed by atoms with Gasteiger partial charge in [-0.25, -0.2) is 0 Å². The van der Waals surface area contributed by atoms with E-state index in [1.165, 1.54) is 32.1 Å². The standard InChI is InChI=1S/C27H48N2O6/c1-28-23-15-21(34-11-10-33-2)12-19-8-9-29(16-22(19)23)27(32)26-24(31)13-20(30)14-25(26)35-17-18-6-4-3-5-7-18/h18-26,28,30-31H,3-17H2,1-2H3. The Kier molecular flexibility index (Phi) is 10.2. The summed E-state index contributed by atoms with van der Waals surface area (Å²) in [4.78, 5) is 15.8. The monoisotopic (exact) mass is 496 g/mol. The third kappa shape index (κ3) is 6.96. The summed E-state index contributed by atoms with van der Waals surface area (Å²) in [5.41, 5.74) is 0. The summed E-state index contributed by atoms with van der Waals surface area (Å²) < 4.78 is 17.5. The number of piperidine rings is 1. The minimum Gasteiger partial charge on any atom is -0.393 e. The van der Waals surface area contributed by atoms with Crippen molar-refractivity contribution in [3.63, 3.8) is 0 Å². The molecule has 8 atom stereocenters. The summed E-state index contributed by atoms with van der Waals surface area (Å²) in [6, 6.07) is 0.299. The molecule has 4 rings (SSSR count). The number of rotatable bonds is 9. The maximum absolute atomic E-state index is 13.8. The Bertz CT molecular complexity index is 652. The molecule has 0 aromatic rings. The van der Waals surface area contributed by atoms with Gasteiger partial charge in [-0.3, -0.25) is 4.79 Å². The molecule has 1 saturated heterocycles. The molecule has 0 aromatic heterocycles. The van der Waals surface area contributed by atoms with Crippen molar-refractivity contribution in [1.82, 2.24) is 10.2 Å². The average molecular weight is 497 g/mol. The first-order valence-electron chi connectivity index (χ1n) is 14.0. The molecule has 4 fully saturated rings. The Morgan fingerprint density at radius 1 is 1.00 bits per heavy atom. The summed E-state index contributed by atoms with van der Waals surface area (Å²) in [7, 11) is 3.69. The van der Waals surface area contributed by atoms with Crippen LogP contribution in [0.25, 0.3) is 0 Å². The number of carbonyl (C=O) groups excluding carboxylic acids is 1. The number of ether oxygens (including phenoxy) is 3. The van der Waals surface area contributed by atoms with Gasteiger partial charge in [0.2, 0.25) is 5.91 Å². The molecule has 0 bridgehead atoms. The number of fused-ring (bicyclic) bond motifs is 1. The van der Waals surface area contributed by atoms with E-state index in [0.717, 1.165) is 19.3 Å².